The van der Waals surface area contributed by atoms with Crippen LogP contribution in [0.3, 0.4) is 0 Å². The molecule has 0 spiro atoms. The Morgan fingerprint density at radius 2 is 1.46 bits per heavy atom. The van der Waals surface area contributed by atoms with E-state index in [-0.39, 0.29) is 11.0 Å². The molecule has 0 atom stereocenters. The second-order valence-corrected chi connectivity index (χ2v) is 9.76. The van der Waals surface area contributed by atoms with Crippen molar-refractivity contribution >= 4 is 40.0 Å². The highest BCUT2D eigenvalue weighted by atomic mass is 32.1. The highest BCUT2D eigenvalue weighted by Gasteiger charge is 2.12. The molecule has 0 fully saturated rings. The van der Waals surface area contributed by atoms with Gasteiger partial charge in [-0.2, -0.15) is 0 Å². The van der Waals surface area contributed by atoms with Gasteiger partial charge in [0, 0.05) is 16.8 Å². The third kappa shape index (κ3) is 6.32. The van der Waals surface area contributed by atoms with E-state index in [1.165, 1.54) is 0 Å². The smallest absolute Gasteiger partial charge is 0.257 e. The van der Waals surface area contributed by atoms with Gasteiger partial charge in [-0.05, 0) is 77.4 Å². The number of hydrogen-bond acceptors (Lipinski definition) is 5. The summed E-state index contributed by atoms with van der Waals surface area (Å²) in [6.45, 7) is 0.414. The average molecular weight is 556 g/mol. The van der Waals surface area contributed by atoms with Crippen molar-refractivity contribution in [2.24, 2.45) is 0 Å². The predicted octanol–water partition coefficient (Wildman–Crippen LogP) is 7.87. The molecule has 1 amide bonds. The summed E-state index contributed by atoms with van der Waals surface area (Å²) in [5.74, 6) is 0.792. The predicted molar refractivity (Wildman–Crippen MR) is 166 cm³/mol. The maximum Gasteiger partial charge on any atom is 0.257 e. The van der Waals surface area contributed by atoms with Crippen LogP contribution >= 0.6 is 12.2 Å². The number of aromatic nitrogens is 1. The lowest BCUT2D eigenvalue weighted by molar-refractivity contribution is 0.0977. The summed E-state index contributed by atoms with van der Waals surface area (Å²) in [5.41, 5.74) is 6.66. The third-order valence-electron chi connectivity index (χ3n) is 6.46. The molecule has 1 aromatic heterocycles. The molecule has 6 rings (SSSR count). The number of carbonyl (C=O) groups is 1. The van der Waals surface area contributed by atoms with Crippen LogP contribution in [-0.4, -0.2) is 16.0 Å². The lowest BCUT2D eigenvalue weighted by atomic mass is 10.0. The van der Waals surface area contributed by atoms with E-state index in [0.29, 0.717) is 40.6 Å². The van der Waals surface area contributed by atoms with E-state index in [1.807, 2.05) is 84.9 Å². The Kier molecular flexibility index (Phi) is 7.51. The fourth-order valence-corrected chi connectivity index (χ4v) is 4.58. The average Bonchev–Trinajstić information content (AvgIpc) is 3.45. The van der Waals surface area contributed by atoms with Gasteiger partial charge in [0.1, 0.15) is 17.9 Å². The van der Waals surface area contributed by atoms with Gasteiger partial charge < -0.3 is 14.5 Å². The Bertz CT molecular complexity index is 1820. The van der Waals surface area contributed by atoms with Gasteiger partial charge in [-0.3, -0.25) is 10.1 Å². The van der Waals surface area contributed by atoms with Gasteiger partial charge in [0.05, 0.1) is 0 Å². The Morgan fingerprint density at radius 3 is 2.24 bits per heavy atom. The van der Waals surface area contributed by atoms with Crippen LogP contribution in [0.4, 0.5) is 5.69 Å². The maximum absolute atomic E-state index is 12.8. The summed E-state index contributed by atoms with van der Waals surface area (Å²) in [4.78, 5) is 17.5. The van der Waals surface area contributed by atoms with Crippen molar-refractivity contribution in [1.82, 2.24) is 10.3 Å². The molecule has 0 saturated carbocycles. The number of thiocarbonyl (C=S) groups is 1. The van der Waals surface area contributed by atoms with Crippen LogP contribution in [0.2, 0.25) is 0 Å². The van der Waals surface area contributed by atoms with Gasteiger partial charge in [-0.15, -0.1) is 0 Å². The molecule has 0 aliphatic heterocycles. The molecule has 0 saturated heterocycles. The highest BCUT2D eigenvalue weighted by Crippen LogP contribution is 2.28. The quantitative estimate of drug-likeness (QED) is 0.195. The highest BCUT2D eigenvalue weighted by molar-refractivity contribution is 7.80. The minimum atomic E-state index is -0.337. The summed E-state index contributed by atoms with van der Waals surface area (Å²) in [5, 5.41) is 5.95. The van der Waals surface area contributed by atoms with Crippen molar-refractivity contribution in [3.63, 3.8) is 0 Å². The Morgan fingerprint density at radius 1 is 0.756 bits per heavy atom. The van der Waals surface area contributed by atoms with Gasteiger partial charge >= 0.3 is 0 Å². The van der Waals surface area contributed by atoms with E-state index >= 15 is 0 Å². The molecule has 0 unspecified atom stereocenters. The van der Waals surface area contributed by atoms with Crippen LogP contribution in [0.15, 0.2) is 132 Å². The lowest BCUT2D eigenvalue weighted by Gasteiger charge is -2.11. The molecule has 200 valence electrons. The molecule has 1 heterocycles. The number of rotatable bonds is 7. The number of anilines is 1. The molecular formula is C34H25N3O3S. The first-order valence-electron chi connectivity index (χ1n) is 13.1. The molecular weight excluding hydrogens is 530 g/mol. The van der Waals surface area contributed by atoms with Gasteiger partial charge in [0.15, 0.2) is 10.7 Å². The fourth-order valence-electron chi connectivity index (χ4n) is 4.37. The second-order valence-electron chi connectivity index (χ2n) is 9.36. The van der Waals surface area contributed by atoms with Gasteiger partial charge in [-0.25, -0.2) is 4.98 Å². The van der Waals surface area contributed by atoms with E-state index in [0.717, 1.165) is 22.3 Å². The van der Waals surface area contributed by atoms with Crippen LogP contribution in [-0.2, 0) is 6.61 Å². The zero-order valence-corrected chi connectivity index (χ0v) is 22.7. The van der Waals surface area contributed by atoms with Crippen molar-refractivity contribution in [2.75, 3.05) is 5.32 Å². The number of benzene rings is 5. The SMILES string of the molecule is O=C(NC(=S)Nc1ccc2oc(-c3ccc(-c4ccccc4)cc3)nc2c1)c1cccc(OCc2ccccc2)c1. The summed E-state index contributed by atoms with van der Waals surface area (Å²) in [7, 11) is 0. The van der Waals surface area contributed by atoms with Crippen LogP contribution in [0.5, 0.6) is 5.75 Å². The molecule has 6 aromatic rings. The summed E-state index contributed by atoms with van der Waals surface area (Å²) < 4.78 is 11.8. The Balaban J connectivity index is 1.09. The molecule has 0 aliphatic carbocycles. The third-order valence-corrected chi connectivity index (χ3v) is 6.66. The molecule has 0 bridgehead atoms. The summed E-state index contributed by atoms with van der Waals surface area (Å²) >= 11 is 5.40. The van der Waals surface area contributed by atoms with E-state index < -0.39 is 0 Å². The topological polar surface area (TPSA) is 76.4 Å². The normalized spacial score (nSPS) is 10.7. The number of carbonyl (C=O) groups excluding carboxylic acids is 1. The van der Waals surface area contributed by atoms with E-state index in [1.54, 1.807) is 18.2 Å². The number of fused-ring (bicyclic) bond motifs is 1. The minimum absolute atomic E-state index is 0.171. The zero-order valence-electron chi connectivity index (χ0n) is 21.9. The van der Waals surface area contributed by atoms with E-state index in [9.17, 15) is 4.79 Å². The number of nitrogens with zero attached hydrogens (tertiary/aromatic N) is 1. The first kappa shape index (κ1) is 26.0. The fraction of sp³-hybridized carbons (Fsp3) is 0.0294. The van der Waals surface area contributed by atoms with Crippen LogP contribution in [0, 0.1) is 0 Å². The zero-order chi connectivity index (χ0) is 28.0. The van der Waals surface area contributed by atoms with Crippen molar-refractivity contribution in [1.29, 1.82) is 0 Å². The number of oxazole rings is 1. The summed E-state index contributed by atoms with van der Waals surface area (Å²) in [6, 6.07) is 40.6. The summed E-state index contributed by atoms with van der Waals surface area (Å²) in [6.07, 6.45) is 0. The van der Waals surface area contributed by atoms with Crippen molar-refractivity contribution in [3.8, 4) is 28.3 Å². The minimum Gasteiger partial charge on any atom is -0.489 e. The number of amides is 1. The second kappa shape index (κ2) is 11.9. The standard InChI is InChI=1S/C34H25N3O3S/c38-32(27-12-7-13-29(20-27)39-22-23-8-3-1-4-9-23)37-34(41)35-28-18-19-31-30(21-28)36-33(40-31)26-16-14-25(15-17-26)24-10-5-2-6-11-24/h1-21H,22H2,(H2,35,37,38,41). The lowest BCUT2D eigenvalue weighted by Crippen LogP contribution is -2.34. The largest absolute Gasteiger partial charge is 0.489 e. The number of nitrogens with one attached hydrogen (secondary N) is 2. The van der Waals surface area contributed by atoms with Crippen molar-refractivity contribution < 1.29 is 13.9 Å². The molecule has 0 aliphatic rings. The first-order valence-corrected chi connectivity index (χ1v) is 13.5. The Hall–Kier alpha value is -5.27. The molecule has 2 N–H and O–H groups in total. The molecule has 41 heavy (non-hydrogen) atoms. The van der Waals surface area contributed by atoms with Crippen molar-refractivity contribution in [3.05, 3.63) is 139 Å². The molecule has 6 nitrogen and oxygen atoms in total. The van der Waals surface area contributed by atoms with Crippen molar-refractivity contribution in [2.45, 2.75) is 6.61 Å². The van der Waals surface area contributed by atoms with E-state index in [4.69, 9.17) is 21.4 Å². The molecule has 0 radical (unpaired) electrons. The number of ether oxygens (including phenoxy) is 1. The monoisotopic (exact) mass is 555 g/mol. The van der Waals surface area contributed by atoms with Crippen LogP contribution in [0.1, 0.15) is 15.9 Å². The maximum atomic E-state index is 12.8. The van der Waals surface area contributed by atoms with Crippen LogP contribution < -0.4 is 15.4 Å². The number of hydrogen-bond donors (Lipinski definition) is 2. The van der Waals surface area contributed by atoms with E-state index in [2.05, 4.69) is 39.9 Å². The Labute approximate surface area is 242 Å². The molecule has 7 heteroatoms. The first-order chi connectivity index (χ1) is 20.1. The van der Waals surface area contributed by atoms with Crippen LogP contribution in [0.25, 0.3) is 33.7 Å². The van der Waals surface area contributed by atoms with Gasteiger partial charge in [0.25, 0.3) is 5.91 Å². The molecule has 5 aromatic carbocycles. The van der Waals surface area contributed by atoms with Gasteiger partial charge in [-0.1, -0.05) is 78.9 Å². The van der Waals surface area contributed by atoms with Gasteiger partial charge in [0.2, 0.25) is 5.89 Å².